The van der Waals surface area contributed by atoms with Crippen LogP contribution in [0.2, 0.25) is 0 Å². The number of alkyl halides is 3. The molecule has 0 saturated carbocycles. The van der Waals surface area contributed by atoms with E-state index in [9.17, 15) is 31.2 Å². The molecule has 3 rings (SSSR count). The van der Waals surface area contributed by atoms with E-state index in [4.69, 9.17) is 9.47 Å². The van der Waals surface area contributed by atoms with Crippen molar-refractivity contribution >= 4 is 49.2 Å². The van der Waals surface area contributed by atoms with Crippen molar-refractivity contribution in [1.29, 1.82) is 0 Å². The van der Waals surface area contributed by atoms with Gasteiger partial charge in [0.25, 0.3) is 0 Å². The van der Waals surface area contributed by atoms with Gasteiger partial charge in [-0.1, -0.05) is 55.1 Å². The first kappa shape index (κ1) is 23.1. The predicted molar refractivity (Wildman–Crippen MR) is 111 cm³/mol. The SMILES string of the molecule is C=C(C)C(=O)OCOC(=O)c1c2ccccc2c(NS(=O)(=O)C(F)(F)F)c2ccccc12. The molecule has 0 bridgehead atoms. The van der Waals surface area contributed by atoms with Crippen molar-refractivity contribution in [2.75, 3.05) is 11.5 Å². The highest BCUT2D eigenvalue weighted by Gasteiger charge is 2.46. The van der Waals surface area contributed by atoms with Gasteiger partial charge in [0.15, 0.2) is 0 Å². The van der Waals surface area contributed by atoms with Crippen molar-refractivity contribution in [1.82, 2.24) is 0 Å². The zero-order chi connectivity index (χ0) is 23.7. The fourth-order valence-electron chi connectivity index (χ4n) is 2.98. The molecule has 0 amide bonds. The van der Waals surface area contributed by atoms with Crippen molar-refractivity contribution in [2.24, 2.45) is 0 Å². The smallest absolute Gasteiger partial charge is 0.425 e. The first-order chi connectivity index (χ1) is 14.9. The lowest BCUT2D eigenvalue weighted by Crippen LogP contribution is -2.30. The summed E-state index contributed by atoms with van der Waals surface area (Å²) in [5.74, 6) is -1.69. The van der Waals surface area contributed by atoms with Crippen LogP contribution in [0.1, 0.15) is 17.3 Å². The third-order valence-electron chi connectivity index (χ3n) is 4.41. The molecule has 3 aromatic carbocycles. The second-order valence-corrected chi connectivity index (χ2v) is 8.33. The first-order valence-corrected chi connectivity index (χ1v) is 10.4. The van der Waals surface area contributed by atoms with E-state index in [0.29, 0.717) is 0 Å². The molecule has 0 aliphatic heterocycles. The van der Waals surface area contributed by atoms with Crippen LogP contribution in [0.15, 0.2) is 60.7 Å². The van der Waals surface area contributed by atoms with Gasteiger partial charge in [0.2, 0.25) is 6.79 Å². The molecule has 0 radical (unpaired) electrons. The third kappa shape index (κ3) is 4.37. The molecule has 0 aromatic heterocycles. The van der Waals surface area contributed by atoms with Gasteiger partial charge in [-0.25, -0.2) is 9.59 Å². The molecule has 0 heterocycles. The summed E-state index contributed by atoms with van der Waals surface area (Å²) < 4.78 is 74.0. The lowest BCUT2D eigenvalue weighted by molar-refractivity contribution is -0.147. The van der Waals surface area contributed by atoms with Crippen LogP contribution in [-0.2, 0) is 24.3 Å². The highest BCUT2D eigenvalue weighted by Crippen LogP contribution is 2.39. The average molecular weight is 467 g/mol. The number of ether oxygens (including phenoxy) is 2. The van der Waals surface area contributed by atoms with Gasteiger partial charge in [-0.2, -0.15) is 21.6 Å². The van der Waals surface area contributed by atoms with Crippen LogP contribution in [0.4, 0.5) is 18.9 Å². The van der Waals surface area contributed by atoms with Crippen LogP contribution < -0.4 is 4.72 Å². The maximum Gasteiger partial charge on any atom is 0.516 e. The number of carbonyl (C=O) groups is 2. The third-order valence-corrected chi connectivity index (χ3v) is 5.49. The Kier molecular flexibility index (Phi) is 6.13. The topological polar surface area (TPSA) is 98.8 Å². The minimum atomic E-state index is -5.73. The molecule has 3 aromatic rings. The molecular weight excluding hydrogens is 451 g/mol. The van der Waals surface area contributed by atoms with E-state index >= 15 is 0 Å². The number of nitrogens with one attached hydrogen (secondary N) is 1. The van der Waals surface area contributed by atoms with Gasteiger partial charge in [-0.3, -0.25) is 4.72 Å². The minimum Gasteiger partial charge on any atom is -0.425 e. The van der Waals surface area contributed by atoms with Crippen molar-refractivity contribution in [3.8, 4) is 0 Å². The molecule has 0 unspecified atom stereocenters. The number of halogens is 3. The lowest BCUT2D eigenvalue weighted by atomic mass is 9.95. The number of rotatable bonds is 6. The average Bonchev–Trinajstić information content (AvgIpc) is 2.72. The number of esters is 2. The van der Waals surface area contributed by atoms with Crippen LogP contribution in [0.25, 0.3) is 21.5 Å². The van der Waals surface area contributed by atoms with E-state index in [-0.39, 0.29) is 38.4 Å². The molecule has 11 heteroatoms. The second-order valence-electron chi connectivity index (χ2n) is 6.65. The Balaban J connectivity index is 2.17. The van der Waals surface area contributed by atoms with Crippen LogP contribution in [0, 0.1) is 0 Å². The predicted octanol–water partition coefficient (Wildman–Crippen LogP) is 4.49. The molecule has 0 saturated heterocycles. The number of anilines is 1. The number of fused-ring (bicyclic) bond motifs is 2. The zero-order valence-electron chi connectivity index (χ0n) is 16.5. The quantitative estimate of drug-likeness (QED) is 0.248. The van der Waals surface area contributed by atoms with E-state index in [2.05, 4.69) is 6.58 Å². The fourth-order valence-corrected chi connectivity index (χ4v) is 3.59. The van der Waals surface area contributed by atoms with E-state index in [0.717, 1.165) is 0 Å². The second kappa shape index (κ2) is 8.50. The Labute approximate surface area is 180 Å². The summed E-state index contributed by atoms with van der Waals surface area (Å²) >= 11 is 0. The molecule has 0 aliphatic rings. The van der Waals surface area contributed by atoms with Crippen LogP contribution >= 0.6 is 0 Å². The molecule has 168 valence electrons. The minimum absolute atomic E-state index is 0.0301. The van der Waals surface area contributed by atoms with Crippen molar-refractivity contribution < 1.29 is 40.7 Å². The molecule has 0 atom stereocenters. The fraction of sp³-hybridized carbons (Fsp3) is 0.143. The Morgan fingerprint density at radius 3 is 1.84 bits per heavy atom. The van der Waals surface area contributed by atoms with Crippen LogP contribution in [0.5, 0.6) is 0 Å². The molecule has 1 N–H and O–H groups in total. The summed E-state index contributed by atoms with van der Waals surface area (Å²) in [6.07, 6.45) is 0. The molecule has 7 nitrogen and oxygen atoms in total. The van der Waals surface area contributed by atoms with Crippen molar-refractivity contribution in [3.63, 3.8) is 0 Å². The summed E-state index contributed by atoms with van der Waals surface area (Å²) in [5, 5.41) is 0.374. The highest BCUT2D eigenvalue weighted by atomic mass is 32.2. The van der Waals surface area contributed by atoms with Gasteiger partial charge in [-0.15, -0.1) is 0 Å². The largest absolute Gasteiger partial charge is 0.516 e. The van der Waals surface area contributed by atoms with Gasteiger partial charge >= 0.3 is 27.5 Å². The van der Waals surface area contributed by atoms with Crippen LogP contribution in [0.3, 0.4) is 0 Å². The maximum absolute atomic E-state index is 13.0. The Morgan fingerprint density at radius 2 is 1.41 bits per heavy atom. The van der Waals surface area contributed by atoms with E-state index in [1.165, 1.54) is 55.5 Å². The van der Waals surface area contributed by atoms with Gasteiger partial charge in [-0.05, 0) is 17.7 Å². The highest BCUT2D eigenvalue weighted by molar-refractivity contribution is 7.93. The van der Waals surface area contributed by atoms with Crippen molar-refractivity contribution in [2.45, 2.75) is 12.4 Å². The molecule has 32 heavy (non-hydrogen) atoms. The molecular formula is C21H16F3NO6S. The number of sulfonamides is 1. The maximum atomic E-state index is 13.0. The zero-order valence-corrected chi connectivity index (χ0v) is 17.3. The van der Waals surface area contributed by atoms with Crippen LogP contribution in [-0.4, -0.2) is 32.7 Å². The van der Waals surface area contributed by atoms with Gasteiger partial charge in [0, 0.05) is 16.3 Å². The Morgan fingerprint density at radius 1 is 0.938 bits per heavy atom. The van der Waals surface area contributed by atoms with E-state index in [1.54, 1.807) is 4.72 Å². The number of carbonyl (C=O) groups excluding carboxylic acids is 2. The Bertz CT molecular complexity index is 1290. The standard InChI is InChI=1S/C21H16F3NO6S/c1-12(2)19(26)30-11-31-20(27)17-13-7-3-5-9-15(13)18(16-10-6-4-8-14(16)17)25-32(28,29)21(22,23)24/h3-10,25H,1,11H2,2H3. The van der Waals surface area contributed by atoms with E-state index in [1.807, 2.05) is 0 Å². The lowest BCUT2D eigenvalue weighted by Gasteiger charge is -2.18. The number of hydrogen-bond acceptors (Lipinski definition) is 6. The van der Waals surface area contributed by atoms with Gasteiger partial charge < -0.3 is 9.47 Å². The van der Waals surface area contributed by atoms with Gasteiger partial charge in [0.1, 0.15) is 0 Å². The first-order valence-electron chi connectivity index (χ1n) is 8.96. The molecule has 0 aliphatic carbocycles. The number of hydrogen-bond donors (Lipinski definition) is 1. The normalized spacial score (nSPS) is 11.9. The number of benzene rings is 3. The summed E-state index contributed by atoms with van der Waals surface area (Å²) in [7, 11) is -5.73. The monoisotopic (exact) mass is 467 g/mol. The molecule has 0 fully saturated rings. The molecule has 0 spiro atoms. The van der Waals surface area contributed by atoms with E-state index < -0.39 is 34.3 Å². The summed E-state index contributed by atoms with van der Waals surface area (Å²) in [6, 6.07) is 11.6. The summed E-state index contributed by atoms with van der Waals surface area (Å²) in [4.78, 5) is 24.3. The van der Waals surface area contributed by atoms with Crippen molar-refractivity contribution in [3.05, 3.63) is 66.2 Å². The summed E-state index contributed by atoms with van der Waals surface area (Å²) in [6.45, 7) is 4.09. The Hall–Kier alpha value is -3.60. The van der Waals surface area contributed by atoms with Gasteiger partial charge in [0.05, 0.1) is 11.3 Å². The summed E-state index contributed by atoms with van der Waals surface area (Å²) in [5.41, 5.74) is -5.81.